The fraction of sp³-hybridized carbons (Fsp3) is 0.750. The van der Waals surface area contributed by atoms with E-state index in [1.807, 2.05) is 6.20 Å². The highest BCUT2D eigenvalue weighted by Gasteiger charge is 2.39. The van der Waals surface area contributed by atoms with E-state index in [0.717, 1.165) is 32.2 Å². The Hall–Kier alpha value is -0.830. The lowest BCUT2D eigenvalue weighted by Gasteiger charge is -2.11. The smallest absolute Gasteiger partial charge is 0.0653 e. The van der Waals surface area contributed by atoms with Crippen molar-refractivity contribution in [3.05, 3.63) is 18.0 Å². The van der Waals surface area contributed by atoms with Gasteiger partial charge in [-0.15, -0.1) is 0 Å². The monoisotopic (exact) mass is 208 g/mol. The first-order valence-corrected chi connectivity index (χ1v) is 5.82. The van der Waals surface area contributed by atoms with Crippen LogP contribution in [0.4, 0.5) is 0 Å². The van der Waals surface area contributed by atoms with Crippen molar-refractivity contribution in [2.24, 2.45) is 5.92 Å². The van der Waals surface area contributed by atoms with Crippen molar-refractivity contribution in [3.63, 3.8) is 0 Å². The van der Waals surface area contributed by atoms with Gasteiger partial charge in [0, 0.05) is 18.4 Å². The van der Waals surface area contributed by atoms with Gasteiger partial charge >= 0.3 is 0 Å². The van der Waals surface area contributed by atoms with Gasteiger partial charge in [0.15, 0.2) is 0 Å². The third kappa shape index (κ3) is 2.81. The van der Waals surface area contributed by atoms with E-state index in [9.17, 15) is 5.11 Å². The molecule has 0 aliphatic heterocycles. The Kier molecular flexibility index (Phi) is 2.83. The number of hydrogen-bond donors (Lipinski definition) is 1. The largest absolute Gasteiger partial charge is 0.390 e. The zero-order valence-corrected chi connectivity index (χ0v) is 9.61. The average molecular weight is 208 g/mol. The molecule has 3 nitrogen and oxygen atoms in total. The number of aryl methyl sites for hydroxylation is 1. The van der Waals surface area contributed by atoms with Crippen LogP contribution < -0.4 is 0 Å². The van der Waals surface area contributed by atoms with Crippen molar-refractivity contribution >= 4 is 0 Å². The molecule has 0 saturated heterocycles. The summed E-state index contributed by atoms with van der Waals surface area (Å²) in [5.41, 5.74) is 0.913. The van der Waals surface area contributed by atoms with Gasteiger partial charge in [-0.1, -0.05) is 13.8 Å². The molecule has 1 aliphatic carbocycles. The van der Waals surface area contributed by atoms with E-state index in [4.69, 9.17) is 0 Å². The quantitative estimate of drug-likeness (QED) is 0.803. The van der Waals surface area contributed by atoms with E-state index in [2.05, 4.69) is 29.7 Å². The van der Waals surface area contributed by atoms with Crippen LogP contribution in [0.1, 0.15) is 38.8 Å². The maximum absolute atomic E-state index is 9.77. The van der Waals surface area contributed by atoms with Gasteiger partial charge in [0.05, 0.1) is 5.60 Å². The SMILES string of the molecule is CC(C)Cn1nccc1CCC1(O)CC1. The first kappa shape index (κ1) is 10.7. The summed E-state index contributed by atoms with van der Waals surface area (Å²) < 4.78 is 2.07. The zero-order valence-electron chi connectivity index (χ0n) is 9.61. The van der Waals surface area contributed by atoms with Gasteiger partial charge < -0.3 is 5.11 Å². The topological polar surface area (TPSA) is 38.0 Å². The molecule has 1 aromatic heterocycles. The molecule has 0 aromatic carbocycles. The molecule has 0 atom stereocenters. The second kappa shape index (κ2) is 3.97. The van der Waals surface area contributed by atoms with Crippen LogP contribution in [0.3, 0.4) is 0 Å². The van der Waals surface area contributed by atoms with Crippen molar-refractivity contribution in [3.8, 4) is 0 Å². The van der Waals surface area contributed by atoms with Crippen LogP contribution in [-0.2, 0) is 13.0 Å². The summed E-state index contributed by atoms with van der Waals surface area (Å²) in [6.45, 7) is 5.36. The number of aliphatic hydroxyl groups is 1. The molecular formula is C12H20N2O. The highest BCUT2D eigenvalue weighted by molar-refractivity contribution is 5.04. The van der Waals surface area contributed by atoms with Gasteiger partial charge in [0.25, 0.3) is 0 Å². The predicted molar refractivity (Wildman–Crippen MR) is 59.6 cm³/mol. The summed E-state index contributed by atoms with van der Waals surface area (Å²) >= 11 is 0. The molecule has 0 radical (unpaired) electrons. The molecule has 0 spiro atoms. The molecule has 0 amide bonds. The zero-order chi connectivity index (χ0) is 10.9. The number of aromatic nitrogens is 2. The van der Waals surface area contributed by atoms with E-state index in [0.29, 0.717) is 5.92 Å². The third-order valence-electron chi connectivity index (χ3n) is 3.02. The average Bonchev–Trinajstić information content (AvgIpc) is 2.74. The molecule has 1 heterocycles. The molecule has 3 heteroatoms. The summed E-state index contributed by atoms with van der Waals surface area (Å²) in [6.07, 6.45) is 5.64. The third-order valence-corrected chi connectivity index (χ3v) is 3.02. The van der Waals surface area contributed by atoms with Gasteiger partial charge in [0.1, 0.15) is 0 Å². The van der Waals surface area contributed by atoms with Gasteiger partial charge in [-0.2, -0.15) is 5.10 Å². The first-order valence-electron chi connectivity index (χ1n) is 5.82. The summed E-state index contributed by atoms with van der Waals surface area (Å²) in [5.74, 6) is 0.618. The van der Waals surface area contributed by atoms with Gasteiger partial charge in [-0.25, -0.2) is 0 Å². The Bertz CT molecular complexity index is 326. The van der Waals surface area contributed by atoms with E-state index < -0.39 is 0 Å². The molecule has 0 unspecified atom stereocenters. The Balaban J connectivity index is 1.92. The van der Waals surface area contributed by atoms with E-state index >= 15 is 0 Å². The normalized spacial score (nSPS) is 18.4. The summed E-state index contributed by atoms with van der Waals surface area (Å²) in [7, 11) is 0. The lowest BCUT2D eigenvalue weighted by atomic mass is 10.1. The molecule has 15 heavy (non-hydrogen) atoms. The van der Waals surface area contributed by atoms with Crippen molar-refractivity contribution in [2.75, 3.05) is 0 Å². The van der Waals surface area contributed by atoms with Crippen molar-refractivity contribution < 1.29 is 5.11 Å². The molecule has 1 N–H and O–H groups in total. The van der Waals surface area contributed by atoms with E-state index in [1.54, 1.807) is 0 Å². The summed E-state index contributed by atoms with van der Waals surface area (Å²) in [6, 6.07) is 2.06. The van der Waals surface area contributed by atoms with Gasteiger partial charge in [-0.05, 0) is 37.7 Å². The van der Waals surface area contributed by atoms with Crippen LogP contribution >= 0.6 is 0 Å². The second-order valence-corrected chi connectivity index (χ2v) is 5.12. The molecule has 1 aliphatic rings. The highest BCUT2D eigenvalue weighted by Crippen LogP contribution is 2.39. The molecule has 1 fully saturated rings. The molecule has 1 saturated carbocycles. The molecule has 0 bridgehead atoms. The minimum Gasteiger partial charge on any atom is -0.390 e. The van der Waals surface area contributed by atoms with Crippen molar-refractivity contribution in [2.45, 2.75) is 51.7 Å². The molecular weight excluding hydrogens is 188 g/mol. The Morgan fingerprint density at radius 2 is 2.27 bits per heavy atom. The number of rotatable bonds is 5. The lowest BCUT2D eigenvalue weighted by Crippen LogP contribution is -2.13. The van der Waals surface area contributed by atoms with Crippen molar-refractivity contribution in [1.82, 2.24) is 9.78 Å². The summed E-state index contributed by atoms with van der Waals surface area (Å²) in [5, 5.41) is 14.1. The number of hydrogen-bond acceptors (Lipinski definition) is 2. The van der Waals surface area contributed by atoms with Gasteiger partial charge in [0.2, 0.25) is 0 Å². The van der Waals surface area contributed by atoms with Gasteiger partial charge in [-0.3, -0.25) is 4.68 Å². The fourth-order valence-corrected chi connectivity index (χ4v) is 1.84. The maximum atomic E-state index is 9.77. The Morgan fingerprint density at radius 3 is 2.87 bits per heavy atom. The Labute approximate surface area is 91.1 Å². The van der Waals surface area contributed by atoms with Crippen LogP contribution in [0.5, 0.6) is 0 Å². The van der Waals surface area contributed by atoms with Crippen LogP contribution in [0.2, 0.25) is 0 Å². The van der Waals surface area contributed by atoms with Crippen LogP contribution in [0, 0.1) is 5.92 Å². The Morgan fingerprint density at radius 1 is 1.53 bits per heavy atom. The standard InChI is InChI=1S/C12H20N2O/c1-10(2)9-14-11(4-8-13-14)3-5-12(15)6-7-12/h4,8,10,15H,3,5-7,9H2,1-2H3. The van der Waals surface area contributed by atoms with E-state index in [1.165, 1.54) is 5.69 Å². The lowest BCUT2D eigenvalue weighted by molar-refractivity contribution is 0.139. The fourth-order valence-electron chi connectivity index (χ4n) is 1.84. The first-order chi connectivity index (χ1) is 7.09. The molecule has 2 rings (SSSR count). The minimum atomic E-state index is -0.340. The minimum absolute atomic E-state index is 0.340. The van der Waals surface area contributed by atoms with Crippen LogP contribution in [0.25, 0.3) is 0 Å². The van der Waals surface area contributed by atoms with Crippen molar-refractivity contribution in [1.29, 1.82) is 0 Å². The van der Waals surface area contributed by atoms with Crippen LogP contribution in [0.15, 0.2) is 12.3 Å². The highest BCUT2D eigenvalue weighted by atomic mass is 16.3. The number of nitrogens with zero attached hydrogens (tertiary/aromatic N) is 2. The molecule has 84 valence electrons. The van der Waals surface area contributed by atoms with E-state index in [-0.39, 0.29) is 5.60 Å². The summed E-state index contributed by atoms with van der Waals surface area (Å²) in [4.78, 5) is 0. The predicted octanol–water partition coefficient (Wildman–Crippen LogP) is 2.00. The second-order valence-electron chi connectivity index (χ2n) is 5.12. The molecule has 1 aromatic rings. The van der Waals surface area contributed by atoms with Crippen LogP contribution in [-0.4, -0.2) is 20.5 Å². The maximum Gasteiger partial charge on any atom is 0.0653 e.